The van der Waals surface area contributed by atoms with Crippen LogP contribution in [0.5, 0.6) is 0 Å². The average molecular weight is 279 g/mol. The third kappa shape index (κ3) is 3.39. The first kappa shape index (κ1) is 16.8. The van der Waals surface area contributed by atoms with Gasteiger partial charge in [-0.3, -0.25) is 9.59 Å². The molecule has 1 fully saturated rings. The maximum absolute atomic E-state index is 10.8. The van der Waals surface area contributed by atoms with Crippen LogP contribution in [0.4, 0.5) is 0 Å². The summed E-state index contributed by atoms with van der Waals surface area (Å²) < 4.78 is 4.47. The van der Waals surface area contributed by atoms with Crippen molar-refractivity contribution in [1.82, 2.24) is 0 Å². The number of ether oxygens (including phenoxy) is 1. The number of rotatable bonds is 4. The monoisotopic (exact) mass is 279 g/mol. The predicted octanol–water partition coefficient (Wildman–Crippen LogP) is -2.10. The molecule has 108 valence electrons. The number of hydrogen-bond donors (Lipinski definition) is 5. The van der Waals surface area contributed by atoms with Crippen LogP contribution in [0.3, 0.4) is 0 Å². The van der Waals surface area contributed by atoms with Crippen LogP contribution in [-0.2, 0) is 23.9 Å². The molecule has 1 aliphatic rings. The highest BCUT2D eigenvalue weighted by Crippen LogP contribution is 2.33. The lowest BCUT2D eigenvalue weighted by Gasteiger charge is -2.13. The van der Waals surface area contributed by atoms with Crippen molar-refractivity contribution in [2.75, 3.05) is 7.05 Å². The molecule has 4 atom stereocenters. The molecule has 1 saturated heterocycles. The molecule has 10 nitrogen and oxygen atoms in total. The molecule has 0 saturated carbocycles. The Morgan fingerprint density at radius 3 is 1.16 bits per heavy atom. The first-order valence-electron chi connectivity index (χ1n) is 4.91. The molecule has 0 spiro atoms. The minimum atomic E-state index is -1.99. The van der Waals surface area contributed by atoms with E-state index in [-0.39, 0.29) is 0 Å². The SMILES string of the molecule is CN.O=C(O)C1OC(C(=O)O)C(C(=O)O)C1C(=O)O. The summed E-state index contributed by atoms with van der Waals surface area (Å²) in [5, 5.41) is 34.8. The van der Waals surface area contributed by atoms with Crippen molar-refractivity contribution in [3.8, 4) is 0 Å². The lowest BCUT2D eigenvalue weighted by atomic mass is 9.87. The van der Waals surface area contributed by atoms with Crippen molar-refractivity contribution in [2.45, 2.75) is 12.2 Å². The van der Waals surface area contributed by atoms with E-state index in [1.807, 2.05) is 0 Å². The highest BCUT2D eigenvalue weighted by molar-refractivity contribution is 5.92. The van der Waals surface area contributed by atoms with Crippen LogP contribution in [0.2, 0.25) is 0 Å². The van der Waals surface area contributed by atoms with E-state index in [4.69, 9.17) is 20.4 Å². The molecule has 0 aromatic carbocycles. The number of carboxylic acids is 4. The van der Waals surface area contributed by atoms with E-state index in [1.165, 1.54) is 7.05 Å². The van der Waals surface area contributed by atoms with Crippen LogP contribution < -0.4 is 5.73 Å². The third-order valence-corrected chi connectivity index (χ3v) is 2.39. The zero-order valence-electron chi connectivity index (χ0n) is 9.72. The zero-order chi connectivity index (χ0) is 15.3. The van der Waals surface area contributed by atoms with Gasteiger partial charge in [0, 0.05) is 0 Å². The van der Waals surface area contributed by atoms with E-state index < -0.39 is 47.9 Å². The maximum atomic E-state index is 10.8. The minimum Gasteiger partial charge on any atom is -0.481 e. The van der Waals surface area contributed by atoms with E-state index in [0.29, 0.717) is 0 Å². The normalized spacial score (nSPS) is 28.9. The molecule has 19 heavy (non-hydrogen) atoms. The Morgan fingerprint density at radius 1 is 0.737 bits per heavy atom. The van der Waals surface area contributed by atoms with Gasteiger partial charge in [0.25, 0.3) is 0 Å². The molecule has 0 aromatic rings. The number of aliphatic carboxylic acids is 4. The largest absolute Gasteiger partial charge is 0.481 e. The second kappa shape index (κ2) is 6.66. The average Bonchev–Trinajstić information content (AvgIpc) is 2.72. The van der Waals surface area contributed by atoms with E-state index in [1.54, 1.807) is 0 Å². The zero-order valence-corrected chi connectivity index (χ0v) is 9.72. The molecule has 1 heterocycles. The van der Waals surface area contributed by atoms with Crippen LogP contribution >= 0.6 is 0 Å². The highest BCUT2D eigenvalue weighted by Gasteiger charge is 2.57. The smallest absolute Gasteiger partial charge is 0.333 e. The lowest BCUT2D eigenvalue weighted by molar-refractivity contribution is -0.163. The Labute approximate surface area is 106 Å². The Kier molecular flexibility index (Phi) is 5.89. The molecule has 0 bridgehead atoms. The summed E-state index contributed by atoms with van der Waals surface area (Å²) in [6, 6.07) is 0. The van der Waals surface area contributed by atoms with Crippen LogP contribution in [0.15, 0.2) is 0 Å². The van der Waals surface area contributed by atoms with Gasteiger partial charge in [-0.2, -0.15) is 0 Å². The molecule has 10 heteroatoms. The van der Waals surface area contributed by atoms with E-state index >= 15 is 0 Å². The van der Waals surface area contributed by atoms with Crippen LogP contribution in [0, 0.1) is 11.8 Å². The van der Waals surface area contributed by atoms with Crippen molar-refractivity contribution >= 4 is 23.9 Å². The Hall–Kier alpha value is -2.20. The van der Waals surface area contributed by atoms with Crippen LogP contribution in [0.1, 0.15) is 0 Å². The first-order chi connectivity index (χ1) is 8.77. The van der Waals surface area contributed by atoms with Gasteiger partial charge in [-0.05, 0) is 7.05 Å². The summed E-state index contributed by atoms with van der Waals surface area (Å²) in [6.45, 7) is 0. The Balaban J connectivity index is 0.00000154. The fraction of sp³-hybridized carbons (Fsp3) is 0.556. The first-order valence-corrected chi connectivity index (χ1v) is 4.91. The van der Waals surface area contributed by atoms with Gasteiger partial charge in [-0.1, -0.05) is 0 Å². The van der Waals surface area contributed by atoms with Gasteiger partial charge in [0.2, 0.25) is 0 Å². The van der Waals surface area contributed by atoms with Gasteiger partial charge in [-0.25, -0.2) is 9.59 Å². The van der Waals surface area contributed by atoms with Gasteiger partial charge in [0.05, 0.1) is 0 Å². The number of hydrogen-bond acceptors (Lipinski definition) is 6. The topological polar surface area (TPSA) is 184 Å². The van der Waals surface area contributed by atoms with E-state index in [0.717, 1.165) is 0 Å². The summed E-state index contributed by atoms with van der Waals surface area (Å²) >= 11 is 0. The van der Waals surface area contributed by atoms with Crippen molar-refractivity contribution in [2.24, 2.45) is 17.6 Å². The molecule has 4 unspecified atom stereocenters. The predicted molar refractivity (Wildman–Crippen MR) is 56.3 cm³/mol. The quantitative estimate of drug-likeness (QED) is 0.381. The van der Waals surface area contributed by atoms with Crippen molar-refractivity contribution in [3.63, 3.8) is 0 Å². The van der Waals surface area contributed by atoms with Gasteiger partial charge in [0.1, 0.15) is 11.8 Å². The van der Waals surface area contributed by atoms with Gasteiger partial charge < -0.3 is 30.9 Å². The maximum Gasteiger partial charge on any atom is 0.333 e. The summed E-state index contributed by atoms with van der Waals surface area (Å²) in [4.78, 5) is 43.0. The Morgan fingerprint density at radius 2 is 1.00 bits per heavy atom. The second-order valence-electron chi connectivity index (χ2n) is 3.38. The number of carbonyl (C=O) groups is 4. The standard InChI is InChI=1S/C8H8O9.CH5N/c9-5(10)1-2(6(11)12)4(8(15)16)17-3(1)7(13)14;1-2/h1-4H,(H,9,10)(H,11,12)(H,13,14)(H,15,16);2H2,1H3. The molecule has 0 aromatic heterocycles. The molecule has 0 aliphatic carbocycles. The number of nitrogens with two attached hydrogens (primary N) is 1. The van der Waals surface area contributed by atoms with Crippen molar-refractivity contribution in [1.29, 1.82) is 0 Å². The molecule has 0 amide bonds. The molecular formula is C9H13NO9. The van der Waals surface area contributed by atoms with Gasteiger partial charge >= 0.3 is 23.9 Å². The fourth-order valence-corrected chi connectivity index (χ4v) is 1.69. The van der Waals surface area contributed by atoms with Gasteiger partial charge in [-0.15, -0.1) is 0 Å². The molecule has 1 aliphatic heterocycles. The summed E-state index contributed by atoms with van der Waals surface area (Å²) in [5.41, 5.74) is 4.50. The lowest BCUT2D eigenvalue weighted by Crippen LogP contribution is -2.39. The molecule has 1 rings (SSSR count). The van der Waals surface area contributed by atoms with Crippen molar-refractivity contribution < 1.29 is 44.3 Å². The second-order valence-corrected chi connectivity index (χ2v) is 3.38. The fourth-order valence-electron chi connectivity index (χ4n) is 1.69. The van der Waals surface area contributed by atoms with Crippen LogP contribution in [-0.4, -0.2) is 63.6 Å². The molecule has 6 N–H and O–H groups in total. The summed E-state index contributed by atoms with van der Waals surface area (Å²) in [6.07, 6.45) is -3.98. The minimum absolute atomic E-state index is 1.50. The number of carboxylic acid groups (broad SMARTS) is 4. The van der Waals surface area contributed by atoms with E-state index in [2.05, 4.69) is 10.5 Å². The molecule has 0 radical (unpaired) electrons. The molecular weight excluding hydrogens is 266 g/mol. The van der Waals surface area contributed by atoms with Crippen LogP contribution in [0.25, 0.3) is 0 Å². The highest BCUT2D eigenvalue weighted by atomic mass is 16.6. The summed E-state index contributed by atoms with van der Waals surface area (Å²) in [5.74, 6) is -10.8. The van der Waals surface area contributed by atoms with Gasteiger partial charge in [0.15, 0.2) is 12.2 Å². The summed E-state index contributed by atoms with van der Waals surface area (Å²) in [7, 11) is 1.50. The third-order valence-electron chi connectivity index (χ3n) is 2.39. The van der Waals surface area contributed by atoms with E-state index in [9.17, 15) is 19.2 Å². The van der Waals surface area contributed by atoms with Crippen molar-refractivity contribution in [3.05, 3.63) is 0 Å². The Bertz CT molecular complexity index is 357.